The molecule has 0 radical (unpaired) electrons. The van der Waals surface area contributed by atoms with Crippen molar-refractivity contribution in [3.8, 4) is 0 Å². The van der Waals surface area contributed by atoms with Crippen LogP contribution in [0.4, 0.5) is 0 Å². The maximum Gasteiger partial charge on any atom is 0.317 e. The van der Waals surface area contributed by atoms with Crippen LogP contribution in [0, 0.1) is 5.92 Å². The van der Waals surface area contributed by atoms with Crippen molar-refractivity contribution in [2.75, 3.05) is 33.3 Å². The Labute approximate surface area is 124 Å². The number of β-amino-alcohol motifs (C(OH)–C–C–N with tert-alkyl or cyclic N) is 1. The molecule has 21 heavy (non-hydrogen) atoms. The predicted molar refractivity (Wildman–Crippen MR) is 74.8 cm³/mol. The van der Waals surface area contributed by atoms with Crippen LogP contribution in [0.25, 0.3) is 0 Å². The van der Waals surface area contributed by atoms with E-state index >= 15 is 0 Å². The first-order valence-electron chi connectivity index (χ1n) is 7.39. The van der Waals surface area contributed by atoms with Crippen molar-refractivity contribution in [1.29, 1.82) is 0 Å². The molecular weight excluding hydrogens is 276 g/mol. The smallest absolute Gasteiger partial charge is 0.317 e. The zero-order valence-electron chi connectivity index (χ0n) is 12.6. The molecule has 2 unspecified atom stereocenters. The van der Waals surface area contributed by atoms with Crippen molar-refractivity contribution < 1.29 is 24.5 Å². The lowest BCUT2D eigenvalue weighted by molar-refractivity contribution is -0.142. The van der Waals surface area contributed by atoms with Gasteiger partial charge in [-0.2, -0.15) is 0 Å². The Hall–Kier alpha value is -1.18. The summed E-state index contributed by atoms with van der Waals surface area (Å²) < 4.78 is 5.56. The van der Waals surface area contributed by atoms with Gasteiger partial charge in [-0.15, -0.1) is 0 Å². The average Bonchev–Trinajstić information content (AvgIpc) is 3.15. The number of likely N-dealkylation sites (tertiary alicyclic amines) is 1. The molecule has 2 N–H and O–H groups in total. The highest BCUT2D eigenvalue weighted by atomic mass is 16.5. The Balaban J connectivity index is 1.83. The summed E-state index contributed by atoms with van der Waals surface area (Å²) in [5, 5.41) is 18.8. The van der Waals surface area contributed by atoms with Crippen LogP contribution >= 0.6 is 0 Å². The van der Waals surface area contributed by atoms with Gasteiger partial charge in [-0.25, -0.2) is 0 Å². The molecule has 1 saturated heterocycles. The largest absolute Gasteiger partial charge is 0.480 e. The number of nitrogens with zero attached hydrogens (tertiary/aromatic N) is 2. The van der Waals surface area contributed by atoms with E-state index in [4.69, 9.17) is 9.84 Å². The Morgan fingerprint density at radius 3 is 2.62 bits per heavy atom. The SMILES string of the molecule is CC(OCC1CC1)C(=O)N1CC(N(C)CC(=O)O)[C@H](O)C1. The van der Waals surface area contributed by atoms with E-state index in [2.05, 4.69) is 0 Å². The maximum absolute atomic E-state index is 12.3. The van der Waals surface area contributed by atoms with Gasteiger partial charge in [0.1, 0.15) is 6.10 Å². The molecule has 0 aromatic carbocycles. The molecule has 2 aliphatic rings. The van der Waals surface area contributed by atoms with Crippen molar-refractivity contribution >= 4 is 11.9 Å². The molecule has 7 heteroatoms. The van der Waals surface area contributed by atoms with Crippen LogP contribution in [0.2, 0.25) is 0 Å². The molecule has 2 fully saturated rings. The number of aliphatic hydroxyl groups excluding tert-OH is 1. The third-order valence-electron chi connectivity index (χ3n) is 4.15. The van der Waals surface area contributed by atoms with Crippen LogP contribution in [-0.2, 0) is 14.3 Å². The maximum atomic E-state index is 12.3. The number of amides is 1. The Bertz CT molecular complexity index is 399. The monoisotopic (exact) mass is 300 g/mol. The minimum atomic E-state index is -0.949. The normalized spacial score (nSPS) is 27.1. The van der Waals surface area contributed by atoms with Crippen molar-refractivity contribution in [1.82, 2.24) is 9.80 Å². The molecule has 1 aliphatic carbocycles. The lowest BCUT2D eigenvalue weighted by atomic mass is 10.2. The summed E-state index contributed by atoms with van der Waals surface area (Å²) in [5.74, 6) is -0.490. The summed E-state index contributed by atoms with van der Waals surface area (Å²) in [7, 11) is 1.64. The molecule has 0 aromatic rings. The van der Waals surface area contributed by atoms with Crippen LogP contribution in [0.3, 0.4) is 0 Å². The van der Waals surface area contributed by atoms with E-state index in [-0.39, 0.29) is 25.0 Å². The standard InChI is InChI=1S/C14H24N2O5/c1-9(21-8-10-3-4-10)14(20)16-5-11(12(17)6-16)15(2)7-13(18)19/h9-12,17H,3-8H2,1-2H3,(H,18,19)/t9?,11?,12-/m1/s1. The van der Waals surface area contributed by atoms with E-state index in [1.165, 1.54) is 12.8 Å². The summed E-state index contributed by atoms with van der Waals surface area (Å²) in [6.45, 7) is 2.75. The summed E-state index contributed by atoms with van der Waals surface area (Å²) in [6, 6.07) is -0.347. The van der Waals surface area contributed by atoms with Gasteiger partial charge < -0.3 is 19.8 Å². The van der Waals surface area contributed by atoms with Gasteiger partial charge in [-0.1, -0.05) is 0 Å². The van der Waals surface area contributed by atoms with Crippen LogP contribution in [0.15, 0.2) is 0 Å². The fourth-order valence-corrected chi connectivity index (χ4v) is 2.61. The number of ether oxygens (including phenoxy) is 1. The second-order valence-electron chi connectivity index (χ2n) is 6.11. The number of carbonyl (C=O) groups excluding carboxylic acids is 1. The summed E-state index contributed by atoms with van der Waals surface area (Å²) in [4.78, 5) is 26.1. The number of carbonyl (C=O) groups is 2. The molecule has 2 rings (SSSR count). The first-order chi connectivity index (χ1) is 9.88. The quantitative estimate of drug-likeness (QED) is 0.652. The van der Waals surface area contributed by atoms with Crippen molar-refractivity contribution in [3.63, 3.8) is 0 Å². The topological polar surface area (TPSA) is 90.3 Å². The lowest BCUT2D eigenvalue weighted by Gasteiger charge is -2.25. The number of carboxylic acids is 1. The Morgan fingerprint density at radius 1 is 1.38 bits per heavy atom. The summed E-state index contributed by atoms with van der Waals surface area (Å²) >= 11 is 0. The van der Waals surface area contributed by atoms with E-state index < -0.39 is 18.2 Å². The minimum absolute atomic E-state index is 0.138. The zero-order valence-corrected chi connectivity index (χ0v) is 12.6. The van der Waals surface area contributed by atoms with Gasteiger partial charge in [-0.05, 0) is 32.7 Å². The fraction of sp³-hybridized carbons (Fsp3) is 0.857. The first-order valence-corrected chi connectivity index (χ1v) is 7.39. The molecule has 120 valence electrons. The second kappa shape index (κ2) is 6.72. The van der Waals surface area contributed by atoms with E-state index in [1.807, 2.05) is 0 Å². The number of hydrogen-bond donors (Lipinski definition) is 2. The molecule has 1 aliphatic heterocycles. The third kappa shape index (κ3) is 4.39. The van der Waals surface area contributed by atoms with E-state index in [1.54, 1.807) is 23.8 Å². The number of carboxylic acid groups (broad SMARTS) is 1. The van der Waals surface area contributed by atoms with E-state index in [9.17, 15) is 14.7 Å². The molecule has 0 aromatic heterocycles. The second-order valence-corrected chi connectivity index (χ2v) is 6.11. The van der Waals surface area contributed by atoms with Crippen molar-refractivity contribution in [2.24, 2.45) is 5.92 Å². The highest BCUT2D eigenvalue weighted by Crippen LogP contribution is 2.29. The van der Waals surface area contributed by atoms with Gasteiger partial charge in [0.05, 0.1) is 25.3 Å². The van der Waals surface area contributed by atoms with Gasteiger partial charge in [0.15, 0.2) is 0 Å². The number of likely N-dealkylation sites (N-methyl/N-ethyl adjacent to an activating group) is 1. The molecule has 1 saturated carbocycles. The molecule has 3 atom stereocenters. The third-order valence-corrected chi connectivity index (χ3v) is 4.15. The van der Waals surface area contributed by atoms with Crippen LogP contribution in [-0.4, -0.2) is 83.4 Å². The molecule has 7 nitrogen and oxygen atoms in total. The Morgan fingerprint density at radius 2 is 2.05 bits per heavy atom. The summed E-state index contributed by atoms with van der Waals surface area (Å²) in [5.41, 5.74) is 0. The number of aliphatic hydroxyl groups is 1. The van der Waals surface area contributed by atoms with Gasteiger partial charge >= 0.3 is 5.97 Å². The van der Waals surface area contributed by atoms with E-state index in [0.29, 0.717) is 19.1 Å². The molecule has 0 bridgehead atoms. The fourth-order valence-electron chi connectivity index (χ4n) is 2.61. The predicted octanol–water partition coefficient (Wildman–Crippen LogP) is -0.610. The van der Waals surface area contributed by atoms with Gasteiger partial charge in [0.2, 0.25) is 0 Å². The highest BCUT2D eigenvalue weighted by Gasteiger charge is 2.38. The molecule has 0 spiro atoms. The van der Waals surface area contributed by atoms with Crippen LogP contribution in [0.1, 0.15) is 19.8 Å². The van der Waals surface area contributed by atoms with Gasteiger partial charge in [-0.3, -0.25) is 14.5 Å². The summed E-state index contributed by atoms with van der Waals surface area (Å²) in [6.07, 6.45) is 1.10. The molecule has 1 heterocycles. The number of aliphatic carboxylic acids is 1. The van der Waals surface area contributed by atoms with Gasteiger partial charge in [0.25, 0.3) is 5.91 Å². The number of rotatable bonds is 7. The molecule has 1 amide bonds. The van der Waals surface area contributed by atoms with Crippen LogP contribution < -0.4 is 0 Å². The highest BCUT2D eigenvalue weighted by molar-refractivity contribution is 5.81. The minimum Gasteiger partial charge on any atom is -0.480 e. The zero-order chi connectivity index (χ0) is 15.6. The Kier molecular flexibility index (Phi) is 5.18. The number of hydrogen-bond acceptors (Lipinski definition) is 5. The van der Waals surface area contributed by atoms with Crippen LogP contribution in [0.5, 0.6) is 0 Å². The first kappa shape index (κ1) is 16.2. The molecular formula is C14H24N2O5. The average molecular weight is 300 g/mol. The van der Waals surface area contributed by atoms with Crippen molar-refractivity contribution in [2.45, 2.75) is 38.0 Å². The van der Waals surface area contributed by atoms with Gasteiger partial charge in [0, 0.05) is 13.1 Å². The van der Waals surface area contributed by atoms with Crippen molar-refractivity contribution in [3.05, 3.63) is 0 Å². The lowest BCUT2D eigenvalue weighted by Crippen LogP contribution is -2.44. The van der Waals surface area contributed by atoms with E-state index in [0.717, 1.165) is 0 Å².